The Bertz CT molecular complexity index is 495. The lowest BCUT2D eigenvalue weighted by Gasteiger charge is -2.22. The van der Waals surface area contributed by atoms with Crippen LogP contribution in [0.2, 0.25) is 0 Å². The van der Waals surface area contributed by atoms with Gasteiger partial charge in [0, 0.05) is 19.3 Å². The molecule has 1 unspecified atom stereocenters. The molecular weight excluding hydrogens is 266 g/mol. The Labute approximate surface area is 113 Å². The summed E-state index contributed by atoms with van der Waals surface area (Å²) < 4.78 is 32.0. The number of ether oxygens (including phenoxy) is 1. The van der Waals surface area contributed by atoms with Gasteiger partial charge in [-0.05, 0) is 37.8 Å². The van der Waals surface area contributed by atoms with E-state index in [1.807, 2.05) is 0 Å². The molecule has 0 aliphatic carbocycles. The summed E-state index contributed by atoms with van der Waals surface area (Å²) in [5.74, 6) is 0.301. The van der Waals surface area contributed by atoms with Crippen molar-refractivity contribution in [1.29, 1.82) is 0 Å². The molecule has 0 amide bonds. The molecule has 1 atom stereocenters. The van der Waals surface area contributed by atoms with Gasteiger partial charge < -0.3 is 10.5 Å². The highest BCUT2D eigenvalue weighted by molar-refractivity contribution is 7.89. The van der Waals surface area contributed by atoms with Gasteiger partial charge in [-0.2, -0.15) is 0 Å². The molecule has 0 radical (unpaired) electrons. The molecule has 7 heteroatoms. The molecule has 0 spiro atoms. The summed E-state index contributed by atoms with van der Waals surface area (Å²) in [6.45, 7) is 1.15. The highest BCUT2D eigenvalue weighted by Crippen LogP contribution is 2.15. The number of sulfonamides is 1. The Morgan fingerprint density at radius 2 is 2.26 bits per heavy atom. The van der Waals surface area contributed by atoms with Crippen LogP contribution < -0.4 is 10.5 Å². The number of rotatable bonds is 5. The van der Waals surface area contributed by atoms with E-state index in [0.29, 0.717) is 18.8 Å². The number of nitrogens with zero attached hydrogens (tertiary/aromatic N) is 1. The first-order chi connectivity index (χ1) is 9.08. The first-order valence-electron chi connectivity index (χ1n) is 6.41. The molecule has 1 saturated heterocycles. The average molecular weight is 285 g/mol. The van der Waals surface area contributed by atoms with Crippen LogP contribution in [0.1, 0.15) is 25.7 Å². The third-order valence-electron chi connectivity index (χ3n) is 3.10. The molecule has 3 N–H and O–H groups in total. The van der Waals surface area contributed by atoms with Crippen LogP contribution in [0.3, 0.4) is 0 Å². The van der Waals surface area contributed by atoms with Gasteiger partial charge >= 0.3 is 0 Å². The van der Waals surface area contributed by atoms with Gasteiger partial charge in [0.25, 0.3) is 0 Å². The van der Waals surface area contributed by atoms with Gasteiger partial charge in [0.15, 0.2) is 0 Å². The van der Waals surface area contributed by atoms with Gasteiger partial charge in [-0.25, -0.2) is 18.1 Å². The minimum absolute atomic E-state index is 0.131. The van der Waals surface area contributed by atoms with Crippen LogP contribution in [0.15, 0.2) is 23.2 Å². The van der Waals surface area contributed by atoms with Gasteiger partial charge in [-0.3, -0.25) is 0 Å². The third kappa shape index (κ3) is 4.15. The molecule has 106 valence electrons. The van der Waals surface area contributed by atoms with E-state index < -0.39 is 10.0 Å². The van der Waals surface area contributed by atoms with E-state index in [4.69, 9.17) is 10.5 Å². The Hall–Kier alpha value is -1.18. The Morgan fingerprint density at radius 3 is 2.89 bits per heavy atom. The molecular formula is C12H19N3O3S. The predicted molar refractivity (Wildman–Crippen MR) is 72.0 cm³/mol. The highest BCUT2D eigenvalue weighted by Gasteiger charge is 2.17. The zero-order chi connectivity index (χ0) is 13.7. The SMILES string of the molecule is Nc1ccc(S(=O)(=O)NCCC2CCCCO2)cn1. The number of hydrogen-bond acceptors (Lipinski definition) is 5. The first kappa shape index (κ1) is 14.2. The van der Waals surface area contributed by atoms with Crippen molar-refractivity contribution in [2.24, 2.45) is 0 Å². The monoisotopic (exact) mass is 285 g/mol. The minimum atomic E-state index is -3.50. The van der Waals surface area contributed by atoms with Gasteiger partial charge in [0.05, 0.1) is 6.10 Å². The predicted octanol–water partition coefficient (Wildman–Crippen LogP) is 0.901. The number of anilines is 1. The molecule has 1 aromatic rings. The molecule has 0 aromatic carbocycles. The second-order valence-corrected chi connectivity index (χ2v) is 6.36. The quantitative estimate of drug-likeness (QED) is 0.838. The van der Waals surface area contributed by atoms with E-state index >= 15 is 0 Å². The number of hydrogen-bond donors (Lipinski definition) is 2. The zero-order valence-electron chi connectivity index (χ0n) is 10.7. The topological polar surface area (TPSA) is 94.3 Å². The van der Waals surface area contributed by atoms with E-state index in [-0.39, 0.29) is 11.0 Å². The standard InChI is InChI=1S/C12H19N3O3S/c13-12-5-4-11(9-14-12)19(16,17)15-7-6-10-3-1-2-8-18-10/h4-5,9-10,15H,1-3,6-8H2,(H2,13,14). The van der Waals surface area contributed by atoms with Crippen molar-refractivity contribution < 1.29 is 13.2 Å². The molecule has 0 saturated carbocycles. The summed E-state index contributed by atoms with van der Waals surface area (Å²) in [6, 6.07) is 2.92. The normalized spacial score (nSPS) is 20.3. The van der Waals surface area contributed by atoms with Crippen LogP contribution in [-0.4, -0.2) is 32.7 Å². The summed E-state index contributed by atoms with van der Waals surface area (Å²) in [5, 5.41) is 0. The van der Waals surface area contributed by atoms with Crippen LogP contribution in [0.4, 0.5) is 5.82 Å². The molecule has 1 aliphatic heterocycles. The van der Waals surface area contributed by atoms with Crippen molar-refractivity contribution in [2.45, 2.75) is 36.7 Å². The molecule has 19 heavy (non-hydrogen) atoms. The summed E-state index contributed by atoms with van der Waals surface area (Å²) in [7, 11) is -3.50. The van der Waals surface area contributed by atoms with Crippen molar-refractivity contribution in [3.63, 3.8) is 0 Å². The molecule has 2 heterocycles. The Kier molecular flexibility index (Phi) is 4.73. The Balaban J connectivity index is 1.85. The lowest BCUT2D eigenvalue weighted by Crippen LogP contribution is -2.29. The van der Waals surface area contributed by atoms with Crippen molar-refractivity contribution in [3.8, 4) is 0 Å². The van der Waals surface area contributed by atoms with Crippen LogP contribution in [-0.2, 0) is 14.8 Å². The first-order valence-corrected chi connectivity index (χ1v) is 7.89. The van der Waals surface area contributed by atoms with Crippen molar-refractivity contribution >= 4 is 15.8 Å². The van der Waals surface area contributed by atoms with Crippen LogP contribution in [0.5, 0.6) is 0 Å². The van der Waals surface area contributed by atoms with E-state index in [0.717, 1.165) is 25.9 Å². The van der Waals surface area contributed by atoms with Crippen molar-refractivity contribution in [2.75, 3.05) is 18.9 Å². The number of aromatic nitrogens is 1. The maximum atomic E-state index is 12.0. The van der Waals surface area contributed by atoms with Crippen LogP contribution in [0, 0.1) is 0 Å². The second kappa shape index (κ2) is 6.31. The zero-order valence-corrected chi connectivity index (χ0v) is 11.5. The second-order valence-electron chi connectivity index (χ2n) is 4.59. The van der Waals surface area contributed by atoms with Gasteiger partial charge in [-0.15, -0.1) is 0 Å². The number of nitrogens with two attached hydrogens (primary N) is 1. The maximum absolute atomic E-state index is 12.0. The van der Waals surface area contributed by atoms with Gasteiger partial charge in [-0.1, -0.05) is 0 Å². The summed E-state index contributed by atoms with van der Waals surface area (Å²) in [6.07, 6.45) is 5.38. The molecule has 1 fully saturated rings. The summed E-state index contributed by atoms with van der Waals surface area (Å²) in [5.41, 5.74) is 5.42. The third-order valence-corrected chi connectivity index (χ3v) is 4.55. The molecule has 0 bridgehead atoms. The molecule has 1 aliphatic rings. The fourth-order valence-electron chi connectivity index (χ4n) is 2.02. The molecule has 6 nitrogen and oxygen atoms in total. The lowest BCUT2D eigenvalue weighted by atomic mass is 10.1. The fourth-order valence-corrected chi connectivity index (χ4v) is 3.02. The van der Waals surface area contributed by atoms with E-state index in [2.05, 4.69) is 9.71 Å². The number of nitrogens with one attached hydrogen (secondary N) is 1. The summed E-state index contributed by atoms with van der Waals surface area (Å²) >= 11 is 0. The smallest absolute Gasteiger partial charge is 0.242 e. The maximum Gasteiger partial charge on any atom is 0.242 e. The average Bonchev–Trinajstić information content (AvgIpc) is 2.40. The number of nitrogen functional groups attached to an aromatic ring is 1. The fraction of sp³-hybridized carbons (Fsp3) is 0.583. The molecule has 2 rings (SSSR count). The van der Waals surface area contributed by atoms with E-state index in [1.165, 1.54) is 18.3 Å². The van der Waals surface area contributed by atoms with Crippen molar-refractivity contribution in [3.05, 3.63) is 18.3 Å². The van der Waals surface area contributed by atoms with Gasteiger partial charge in [0.1, 0.15) is 10.7 Å². The Morgan fingerprint density at radius 1 is 1.42 bits per heavy atom. The van der Waals surface area contributed by atoms with Crippen LogP contribution >= 0.6 is 0 Å². The molecule has 1 aromatic heterocycles. The van der Waals surface area contributed by atoms with Gasteiger partial charge in [0.2, 0.25) is 10.0 Å². The minimum Gasteiger partial charge on any atom is -0.384 e. The summed E-state index contributed by atoms with van der Waals surface area (Å²) in [4.78, 5) is 3.91. The van der Waals surface area contributed by atoms with Crippen LogP contribution in [0.25, 0.3) is 0 Å². The van der Waals surface area contributed by atoms with E-state index in [9.17, 15) is 8.42 Å². The van der Waals surface area contributed by atoms with Crippen molar-refractivity contribution in [1.82, 2.24) is 9.71 Å². The largest absolute Gasteiger partial charge is 0.384 e. The number of pyridine rings is 1. The highest BCUT2D eigenvalue weighted by atomic mass is 32.2. The lowest BCUT2D eigenvalue weighted by molar-refractivity contribution is 0.0123. The van der Waals surface area contributed by atoms with E-state index in [1.54, 1.807) is 0 Å².